The number of hydrogen-bond acceptors (Lipinski definition) is 8. The Morgan fingerprint density at radius 2 is 2.26 bits per heavy atom. The molecule has 1 aliphatic heterocycles. The Hall–Kier alpha value is -2.37. The monoisotopic (exact) mass is 395 g/mol. The highest BCUT2D eigenvalue weighted by molar-refractivity contribution is 7.89. The molecule has 3 rings (SSSR count). The summed E-state index contributed by atoms with van der Waals surface area (Å²) in [6.07, 6.45) is 1.76. The predicted octanol–water partition coefficient (Wildman–Crippen LogP) is 1.65. The molecule has 1 aliphatic rings. The van der Waals surface area contributed by atoms with Crippen molar-refractivity contribution in [2.24, 2.45) is 0 Å². The molecule has 10 nitrogen and oxygen atoms in total. The average Bonchev–Trinajstić information content (AvgIpc) is 3.31. The number of aromatic nitrogens is 2. The van der Waals surface area contributed by atoms with Gasteiger partial charge in [0.1, 0.15) is 6.04 Å². The van der Waals surface area contributed by atoms with Crippen molar-refractivity contribution in [1.29, 1.82) is 0 Å². The van der Waals surface area contributed by atoms with Crippen molar-refractivity contribution in [3.63, 3.8) is 0 Å². The first-order valence-corrected chi connectivity index (χ1v) is 10.0. The lowest BCUT2D eigenvalue weighted by atomic mass is 10.2. The second-order valence-corrected chi connectivity index (χ2v) is 8.36. The lowest BCUT2D eigenvalue weighted by Gasteiger charge is -2.21. The van der Waals surface area contributed by atoms with Crippen LogP contribution in [0.15, 0.2) is 33.7 Å². The summed E-state index contributed by atoms with van der Waals surface area (Å²) in [6, 6.07) is 4.63. The van der Waals surface area contributed by atoms with Crippen LogP contribution in [0.4, 0.5) is 5.69 Å². The number of hydrogen-bond donors (Lipinski definition) is 1. The van der Waals surface area contributed by atoms with Crippen molar-refractivity contribution in [3.05, 3.63) is 46.1 Å². The maximum Gasteiger partial charge on any atom is 0.270 e. The maximum atomic E-state index is 13.0. The van der Waals surface area contributed by atoms with Crippen LogP contribution >= 0.6 is 0 Å². The molecule has 0 aliphatic carbocycles. The quantitative estimate of drug-likeness (QED) is 0.553. The average molecular weight is 395 g/mol. The molecule has 0 amide bonds. The third-order valence-electron chi connectivity index (χ3n) is 4.59. The van der Waals surface area contributed by atoms with Gasteiger partial charge in [0.25, 0.3) is 5.69 Å². The Labute approximate surface area is 156 Å². The number of nitrogens with zero attached hydrogens (tertiary/aromatic N) is 4. The Morgan fingerprint density at radius 1 is 1.48 bits per heavy atom. The molecule has 0 bridgehead atoms. The molecule has 1 saturated heterocycles. The summed E-state index contributed by atoms with van der Waals surface area (Å²) in [5.41, 5.74) is -0.270. The Kier molecular flexibility index (Phi) is 5.53. The smallest absolute Gasteiger partial charge is 0.270 e. The van der Waals surface area contributed by atoms with E-state index in [9.17, 15) is 18.5 Å². The van der Waals surface area contributed by atoms with Gasteiger partial charge in [0.05, 0.1) is 9.82 Å². The van der Waals surface area contributed by atoms with Crippen LogP contribution in [0.2, 0.25) is 0 Å². The second kappa shape index (κ2) is 7.71. The molecule has 0 radical (unpaired) electrons. The summed E-state index contributed by atoms with van der Waals surface area (Å²) < 4.78 is 32.7. The summed E-state index contributed by atoms with van der Waals surface area (Å²) in [5.74, 6) is 0.756. The van der Waals surface area contributed by atoms with Crippen molar-refractivity contribution >= 4 is 15.7 Å². The summed E-state index contributed by atoms with van der Waals surface area (Å²) >= 11 is 0. The van der Waals surface area contributed by atoms with E-state index < -0.39 is 21.0 Å². The minimum Gasteiger partial charge on any atom is -0.338 e. The zero-order chi connectivity index (χ0) is 19.6. The van der Waals surface area contributed by atoms with Gasteiger partial charge in [-0.1, -0.05) is 11.2 Å². The van der Waals surface area contributed by atoms with Crippen molar-refractivity contribution in [1.82, 2.24) is 19.8 Å². The fourth-order valence-electron chi connectivity index (χ4n) is 3.03. The summed E-state index contributed by atoms with van der Waals surface area (Å²) in [5, 5.41) is 18.0. The van der Waals surface area contributed by atoms with Crippen LogP contribution < -0.4 is 5.32 Å². The minimum absolute atomic E-state index is 0.118. The van der Waals surface area contributed by atoms with E-state index in [1.807, 2.05) is 14.0 Å². The second-order valence-electron chi connectivity index (χ2n) is 6.47. The van der Waals surface area contributed by atoms with E-state index >= 15 is 0 Å². The molecule has 0 saturated carbocycles. The molecule has 2 unspecified atom stereocenters. The Bertz CT molecular complexity index is 929. The molecule has 2 heterocycles. The zero-order valence-corrected chi connectivity index (χ0v) is 15.8. The lowest BCUT2D eigenvalue weighted by molar-refractivity contribution is -0.385. The molecule has 146 valence electrons. The number of benzene rings is 1. The van der Waals surface area contributed by atoms with E-state index in [-0.39, 0.29) is 22.5 Å². The summed E-state index contributed by atoms with van der Waals surface area (Å²) in [4.78, 5) is 14.6. The van der Waals surface area contributed by atoms with Gasteiger partial charge in [-0.05, 0) is 32.9 Å². The fraction of sp³-hybridized carbons (Fsp3) is 0.500. The number of likely N-dealkylation sites (N-methyl/N-ethyl adjacent to an activating group) is 1. The summed E-state index contributed by atoms with van der Waals surface area (Å²) in [7, 11) is -2.09. The molecule has 0 spiro atoms. The number of nitrogens with one attached hydrogen (secondary N) is 1. The van der Waals surface area contributed by atoms with Gasteiger partial charge < -0.3 is 9.84 Å². The van der Waals surface area contributed by atoms with Crippen LogP contribution in [0.3, 0.4) is 0 Å². The predicted molar refractivity (Wildman–Crippen MR) is 95.5 cm³/mol. The van der Waals surface area contributed by atoms with Crippen LogP contribution in [0.1, 0.15) is 37.5 Å². The number of nitro groups is 1. The standard InChI is InChI=1S/C16H21N5O5S/c1-11(17-2)9-15-18-16(26-19-15)14-7-4-8-20(14)27(24,25)13-6-3-5-12(10-13)21(22)23/h3,5-6,10-11,14,17H,4,7-9H2,1-2H3. The maximum absolute atomic E-state index is 13.0. The van der Waals surface area contributed by atoms with Crippen molar-refractivity contribution in [2.75, 3.05) is 13.6 Å². The number of nitro benzene ring substituents is 1. The molecule has 27 heavy (non-hydrogen) atoms. The normalized spacial score (nSPS) is 19.3. The van der Waals surface area contributed by atoms with Gasteiger partial charge in [0.15, 0.2) is 5.82 Å². The van der Waals surface area contributed by atoms with Gasteiger partial charge >= 0.3 is 0 Å². The number of sulfonamides is 1. The first kappa shape index (κ1) is 19.4. The van der Waals surface area contributed by atoms with E-state index in [0.717, 1.165) is 6.07 Å². The molecule has 1 N–H and O–H groups in total. The zero-order valence-electron chi connectivity index (χ0n) is 15.0. The van der Waals surface area contributed by atoms with Crippen LogP contribution in [0.5, 0.6) is 0 Å². The molecule has 1 aromatic carbocycles. The molecule has 2 aromatic rings. The van der Waals surface area contributed by atoms with Crippen LogP contribution in [-0.4, -0.2) is 47.4 Å². The highest BCUT2D eigenvalue weighted by Crippen LogP contribution is 2.36. The molecular weight excluding hydrogens is 374 g/mol. The SMILES string of the molecule is CNC(C)Cc1noc(C2CCCN2S(=O)(=O)c2cccc([N+](=O)[O-])c2)n1. The summed E-state index contributed by atoms with van der Waals surface area (Å²) in [6.45, 7) is 2.27. The van der Waals surface area contributed by atoms with Gasteiger partial charge in [-0.15, -0.1) is 0 Å². The van der Waals surface area contributed by atoms with Gasteiger partial charge in [-0.2, -0.15) is 9.29 Å². The molecule has 2 atom stereocenters. The third kappa shape index (κ3) is 3.99. The van der Waals surface area contributed by atoms with Crippen molar-refractivity contribution in [2.45, 2.75) is 43.2 Å². The first-order valence-electron chi connectivity index (χ1n) is 8.59. The Morgan fingerprint density at radius 3 is 2.96 bits per heavy atom. The highest BCUT2D eigenvalue weighted by atomic mass is 32.2. The van der Waals surface area contributed by atoms with Gasteiger partial charge in [-0.25, -0.2) is 8.42 Å². The molecular formula is C16H21N5O5S. The third-order valence-corrected chi connectivity index (χ3v) is 6.49. The first-order chi connectivity index (χ1) is 12.8. The largest absolute Gasteiger partial charge is 0.338 e. The topological polar surface area (TPSA) is 131 Å². The van der Waals surface area contributed by atoms with Gasteiger partial charge in [-0.3, -0.25) is 10.1 Å². The van der Waals surface area contributed by atoms with Crippen LogP contribution in [-0.2, 0) is 16.4 Å². The van der Waals surface area contributed by atoms with E-state index in [2.05, 4.69) is 15.5 Å². The van der Waals surface area contributed by atoms with E-state index in [0.29, 0.717) is 31.6 Å². The minimum atomic E-state index is -3.92. The van der Waals surface area contributed by atoms with Crippen LogP contribution in [0, 0.1) is 10.1 Å². The molecule has 11 heteroatoms. The van der Waals surface area contributed by atoms with E-state index in [4.69, 9.17) is 4.52 Å². The van der Waals surface area contributed by atoms with Gasteiger partial charge in [0, 0.05) is 31.1 Å². The van der Waals surface area contributed by atoms with Crippen LogP contribution in [0.25, 0.3) is 0 Å². The number of rotatable bonds is 7. The van der Waals surface area contributed by atoms with E-state index in [1.165, 1.54) is 22.5 Å². The lowest BCUT2D eigenvalue weighted by Crippen LogP contribution is -2.31. The van der Waals surface area contributed by atoms with Gasteiger partial charge in [0.2, 0.25) is 15.9 Å². The van der Waals surface area contributed by atoms with Crippen molar-refractivity contribution in [3.8, 4) is 0 Å². The molecule has 1 aromatic heterocycles. The molecule has 1 fully saturated rings. The van der Waals surface area contributed by atoms with Crippen molar-refractivity contribution < 1.29 is 17.9 Å². The fourth-order valence-corrected chi connectivity index (χ4v) is 4.72. The highest BCUT2D eigenvalue weighted by Gasteiger charge is 2.39. The Balaban J connectivity index is 1.87. The number of non-ortho nitro benzene ring substituents is 1. The van der Waals surface area contributed by atoms with E-state index in [1.54, 1.807) is 0 Å².